The standard InChI is InChI=1S/C16H15N3O/c1-12(20)15-7-3-8-16(18-15)13-5-2-6-14(11-13)19-10-4-9-17-19/h2-12,20H,1H3. The Morgan fingerprint density at radius 1 is 1.10 bits per heavy atom. The molecule has 0 bridgehead atoms. The second-order valence-electron chi connectivity index (χ2n) is 4.62. The summed E-state index contributed by atoms with van der Waals surface area (Å²) in [6.07, 6.45) is 3.09. The molecule has 4 heteroatoms. The maximum absolute atomic E-state index is 9.62. The summed E-state index contributed by atoms with van der Waals surface area (Å²) < 4.78 is 1.81. The number of benzene rings is 1. The zero-order chi connectivity index (χ0) is 13.9. The van der Waals surface area contributed by atoms with E-state index in [9.17, 15) is 5.11 Å². The van der Waals surface area contributed by atoms with Crippen molar-refractivity contribution in [3.8, 4) is 16.9 Å². The molecule has 0 fully saturated rings. The fourth-order valence-electron chi connectivity index (χ4n) is 2.07. The molecule has 0 aliphatic heterocycles. The Balaban J connectivity index is 2.02. The first-order chi connectivity index (χ1) is 9.74. The number of aliphatic hydroxyl groups is 1. The minimum absolute atomic E-state index is 0.566. The highest BCUT2D eigenvalue weighted by molar-refractivity contribution is 5.62. The summed E-state index contributed by atoms with van der Waals surface area (Å²) in [4.78, 5) is 4.49. The van der Waals surface area contributed by atoms with Crippen LogP contribution in [-0.4, -0.2) is 19.9 Å². The van der Waals surface area contributed by atoms with Crippen molar-refractivity contribution in [3.05, 3.63) is 66.6 Å². The third-order valence-corrected chi connectivity index (χ3v) is 3.11. The van der Waals surface area contributed by atoms with Gasteiger partial charge in [0.25, 0.3) is 0 Å². The van der Waals surface area contributed by atoms with Gasteiger partial charge in [-0.15, -0.1) is 0 Å². The van der Waals surface area contributed by atoms with E-state index in [1.165, 1.54) is 0 Å². The molecule has 0 aliphatic rings. The van der Waals surface area contributed by atoms with Gasteiger partial charge < -0.3 is 5.11 Å². The Bertz CT molecular complexity index is 705. The first-order valence-electron chi connectivity index (χ1n) is 6.49. The number of nitrogens with zero attached hydrogens (tertiary/aromatic N) is 3. The lowest BCUT2D eigenvalue weighted by Crippen LogP contribution is -1.98. The number of pyridine rings is 1. The van der Waals surface area contributed by atoms with Gasteiger partial charge in [-0.1, -0.05) is 18.2 Å². The van der Waals surface area contributed by atoms with Crippen molar-refractivity contribution in [2.24, 2.45) is 0 Å². The lowest BCUT2D eigenvalue weighted by molar-refractivity contribution is 0.194. The molecule has 0 aliphatic carbocycles. The zero-order valence-corrected chi connectivity index (χ0v) is 11.1. The van der Waals surface area contributed by atoms with Crippen molar-refractivity contribution in [3.63, 3.8) is 0 Å². The quantitative estimate of drug-likeness (QED) is 0.792. The minimum Gasteiger partial charge on any atom is -0.387 e. The first kappa shape index (κ1) is 12.6. The highest BCUT2D eigenvalue weighted by Gasteiger charge is 2.06. The predicted octanol–water partition coefficient (Wildman–Crippen LogP) is 2.99. The smallest absolute Gasteiger partial charge is 0.0932 e. The molecule has 3 rings (SSSR count). The van der Waals surface area contributed by atoms with Crippen LogP contribution in [0, 0.1) is 0 Å². The normalized spacial score (nSPS) is 12.3. The fourth-order valence-corrected chi connectivity index (χ4v) is 2.07. The maximum Gasteiger partial charge on any atom is 0.0932 e. The molecule has 100 valence electrons. The van der Waals surface area contributed by atoms with Gasteiger partial charge in [0.1, 0.15) is 0 Å². The van der Waals surface area contributed by atoms with Crippen LogP contribution in [0.5, 0.6) is 0 Å². The number of aromatic nitrogens is 3. The lowest BCUT2D eigenvalue weighted by Gasteiger charge is -2.08. The van der Waals surface area contributed by atoms with Gasteiger partial charge in [0.05, 0.1) is 23.2 Å². The summed E-state index contributed by atoms with van der Waals surface area (Å²) >= 11 is 0. The van der Waals surface area contributed by atoms with Crippen LogP contribution in [0.15, 0.2) is 60.9 Å². The highest BCUT2D eigenvalue weighted by Crippen LogP contribution is 2.21. The molecule has 0 amide bonds. The number of hydrogen-bond donors (Lipinski definition) is 1. The molecule has 1 unspecified atom stereocenters. The molecule has 1 N–H and O–H groups in total. The highest BCUT2D eigenvalue weighted by atomic mass is 16.3. The molecule has 0 spiro atoms. The summed E-state index contributed by atoms with van der Waals surface area (Å²) in [5, 5.41) is 13.8. The van der Waals surface area contributed by atoms with E-state index in [2.05, 4.69) is 10.1 Å². The van der Waals surface area contributed by atoms with E-state index in [4.69, 9.17) is 0 Å². The van der Waals surface area contributed by atoms with Crippen LogP contribution in [0.1, 0.15) is 18.7 Å². The minimum atomic E-state index is -0.566. The number of hydrogen-bond acceptors (Lipinski definition) is 3. The van der Waals surface area contributed by atoms with Gasteiger partial charge in [-0.25, -0.2) is 4.68 Å². The summed E-state index contributed by atoms with van der Waals surface area (Å²) in [7, 11) is 0. The molecule has 0 saturated heterocycles. The van der Waals surface area contributed by atoms with Crippen LogP contribution < -0.4 is 0 Å². The van der Waals surface area contributed by atoms with Gasteiger partial charge in [0, 0.05) is 18.0 Å². The van der Waals surface area contributed by atoms with Crippen LogP contribution >= 0.6 is 0 Å². The Morgan fingerprint density at radius 3 is 2.70 bits per heavy atom. The fraction of sp³-hybridized carbons (Fsp3) is 0.125. The molecule has 0 radical (unpaired) electrons. The Hall–Kier alpha value is -2.46. The molecular formula is C16H15N3O. The molecule has 4 nitrogen and oxygen atoms in total. The monoisotopic (exact) mass is 265 g/mol. The van der Waals surface area contributed by atoms with E-state index in [1.807, 2.05) is 59.4 Å². The van der Waals surface area contributed by atoms with Crippen molar-refractivity contribution in [2.75, 3.05) is 0 Å². The Labute approximate surface area is 117 Å². The van der Waals surface area contributed by atoms with Gasteiger partial charge in [-0.2, -0.15) is 5.10 Å². The van der Waals surface area contributed by atoms with E-state index >= 15 is 0 Å². The molecule has 1 aromatic carbocycles. The van der Waals surface area contributed by atoms with Crippen LogP contribution in [-0.2, 0) is 0 Å². The third kappa shape index (κ3) is 2.46. The molecule has 1 atom stereocenters. The summed E-state index contributed by atoms with van der Waals surface area (Å²) in [6, 6.07) is 15.6. The average molecular weight is 265 g/mol. The molecular weight excluding hydrogens is 250 g/mol. The van der Waals surface area contributed by atoms with E-state index in [-0.39, 0.29) is 0 Å². The summed E-state index contributed by atoms with van der Waals surface area (Å²) in [5.74, 6) is 0. The van der Waals surface area contributed by atoms with Crippen molar-refractivity contribution >= 4 is 0 Å². The maximum atomic E-state index is 9.62. The van der Waals surface area contributed by atoms with Crippen molar-refractivity contribution in [1.29, 1.82) is 0 Å². The number of aliphatic hydroxyl groups excluding tert-OH is 1. The van der Waals surface area contributed by atoms with Gasteiger partial charge >= 0.3 is 0 Å². The molecule has 20 heavy (non-hydrogen) atoms. The summed E-state index contributed by atoms with van der Waals surface area (Å²) in [6.45, 7) is 1.71. The number of rotatable bonds is 3. The Morgan fingerprint density at radius 2 is 1.95 bits per heavy atom. The largest absolute Gasteiger partial charge is 0.387 e. The average Bonchev–Trinajstić information content (AvgIpc) is 3.02. The second-order valence-corrected chi connectivity index (χ2v) is 4.62. The second kappa shape index (κ2) is 5.27. The van der Waals surface area contributed by atoms with E-state index in [0.29, 0.717) is 5.69 Å². The third-order valence-electron chi connectivity index (χ3n) is 3.11. The van der Waals surface area contributed by atoms with Crippen LogP contribution in [0.25, 0.3) is 16.9 Å². The summed E-state index contributed by atoms with van der Waals surface area (Å²) in [5.41, 5.74) is 3.50. The van der Waals surface area contributed by atoms with Crippen molar-refractivity contribution in [2.45, 2.75) is 13.0 Å². The Kier molecular flexibility index (Phi) is 3.31. The lowest BCUT2D eigenvalue weighted by atomic mass is 10.1. The predicted molar refractivity (Wildman–Crippen MR) is 77.4 cm³/mol. The van der Waals surface area contributed by atoms with E-state index in [0.717, 1.165) is 16.9 Å². The molecule has 2 aromatic heterocycles. The van der Waals surface area contributed by atoms with E-state index in [1.54, 1.807) is 13.1 Å². The SMILES string of the molecule is CC(O)c1cccc(-c2cccc(-n3cccn3)c2)n1. The molecule has 2 heterocycles. The molecule has 3 aromatic rings. The van der Waals surface area contributed by atoms with Crippen LogP contribution in [0.3, 0.4) is 0 Å². The molecule has 0 saturated carbocycles. The van der Waals surface area contributed by atoms with Crippen LogP contribution in [0.2, 0.25) is 0 Å². The van der Waals surface area contributed by atoms with Gasteiger partial charge in [-0.3, -0.25) is 4.98 Å². The van der Waals surface area contributed by atoms with Gasteiger partial charge in [0.15, 0.2) is 0 Å². The zero-order valence-electron chi connectivity index (χ0n) is 11.1. The van der Waals surface area contributed by atoms with Crippen molar-refractivity contribution < 1.29 is 5.11 Å². The van der Waals surface area contributed by atoms with Gasteiger partial charge in [-0.05, 0) is 37.3 Å². The van der Waals surface area contributed by atoms with E-state index < -0.39 is 6.10 Å². The topological polar surface area (TPSA) is 50.9 Å². The van der Waals surface area contributed by atoms with Crippen molar-refractivity contribution in [1.82, 2.24) is 14.8 Å². The first-order valence-corrected chi connectivity index (χ1v) is 6.49. The van der Waals surface area contributed by atoms with Crippen LogP contribution in [0.4, 0.5) is 0 Å². The van der Waals surface area contributed by atoms with Gasteiger partial charge in [0.2, 0.25) is 0 Å².